The van der Waals surface area contributed by atoms with Gasteiger partial charge in [0, 0.05) is 18.9 Å². The number of hydrogen-bond donors (Lipinski definition) is 0. The van der Waals surface area contributed by atoms with Crippen molar-refractivity contribution in [2.45, 2.75) is 37.6 Å². The summed E-state index contributed by atoms with van der Waals surface area (Å²) in [5.41, 5.74) is -0.570. The monoisotopic (exact) mass is 311 g/mol. The molecule has 1 aliphatic carbocycles. The number of halogens is 1. The SMILES string of the molecule is C=C(Br)CCCN1C(=O)C[C@H]2C=CCC[C@@]21C=O. The third-order valence-corrected chi connectivity index (χ3v) is 4.35. The molecule has 0 aromatic rings. The third kappa shape index (κ3) is 2.30. The highest BCUT2D eigenvalue weighted by molar-refractivity contribution is 9.11. The lowest BCUT2D eigenvalue weighted by Gasteiger charge is -2.38. The summed E-state index contributed by atoms with van der Waals surface area (Å²) in [7, 11) is 0. The number of fused-ring (bicyclic) bond motifs is 1. The zero-order valence-corrected chi connectivity index (χ0v) is 12.0. The summed E-state index contributed by atoms with van der Waals surface area (Å²) in [5.74, 6) is 0.183. The lowest BCUT2D eigenvalue weighted by atomic mass is 9.78. The first-order valence-electron chi connectivity index (χ1n) is 6.37. The average molecular weight is 312 g/mol. The van der Waals surface area contributed by atoms with Gasteiger partial charge in [-0.25, -0.2) is 0 Å². The predicted octanol–water partition coefficient (Wildman–Crippen LogP) is 2.81. The van der Waals surface area contributed by atoms with Crippen molar-refractivity contribution in [3.05, 3.63) is 23.2 Å². The van der Waals surface area contributed by atoms with Crippen molar-refractivity contribution in [1.82, 2.24) is 4.90 Å². The zero-order chi connectivity index (χ0) is 13.2. The molecule has 18 heavy (non-hydrogen) atoms. The highest BCUT2D eigenvalue weighted by Gasteiger charge is 2.51. The van der Waals surface area contributed by atoms with Gasteiger partial charge in [-0.2, -0.15) is 0 Å². The van der Waals surface area contributed by atoms with Crippen LogP contribution in [-0.2, 0) is 9.59 Å². The second kappa shape index (κ2) is 5.39. The van der Waals surface area contributed by atoms with Crippen molar-refractivity contribution in [3.63, 3.8) is 0 Å². The summed E-state index contributed by atoms with van der Waals surface area (Å²) in [6.07, 6.45) is 8.92. The van der Waals surface area contributed by atoms with Crippen molar-refractivity contribution >= 4 is 28.1 Å². The maximum absolute atomic E-state index is 12.1. The number of hydrogen-bond acceptors (Lipinski definition) is 2. The molecule has 0 aromatic heterocycles. The Hall–Kier alpha value is -0.900. The number of aldehydes is 1. The van der Waals surface area contributed by atoms with Gasteiger partial charge < -0.3 is 9.69 Å². The lowest BCUT2D eigenvalue weighted by molar-refractivity contribution is -0.136. The van der Waals surface area contributed by atoms with E-state index < -0.39 is 5.54 Å². The smallest absolute Gasteiger partial charge is 0.224 e. The van der Waals surface area contributed by atoms with Gasteiger partial charge in [0.1, 0.15) is 11.8 Å². The molecule has 0 aromatic carbocycles. The number of rotatable bonds is 5. The fraction of sp³-hybridized carbons (Fsp3) is 0.571. The Morgan fingerprint density at radius 2 is 2.44 bits per heavy atom. The van der Waals surface area contributed by atoms with Crippen LogP contribution in [0.4, 0.5) is 0 Å². The molecule has 1 fully saturated rings. The van der Waals surface area contributed by atoms with Gasteiger partial charge in [-0.1, -0.05) is 34.7 Å². The molecular weight excluding hydrogens is 294 g/mol. The Kier molecular flexibility index (Phi) is 4.05. The minimum absolute atomic E-state index is 0.0726. The van der Waals surface area contributed by atoms with E-state index in [2.05, 4.69) is 28.6 Å². The first-order chi connectivity index (χ1) is 8.60. The molecule has 0 saturated carbocycles. The molecule has 4 heteroatoms. The van der Waals surface area contributed by atoms with Crippen molar-refractivity contribution in [3.8, 4) is 0 Å². The molecule has 98 valence electrons. The molecule has 1 heterocycles. The van der Waals surface area contributed by atoms with Crippen LogP contribution in [0.1, 0.15) is 32.1 Å². The predicted molar refractivity (Wildman–Crippen MR) is 74.3 cm³/mol. The number of carbonyl (C=O) groups excluding carboxylic acids is 2. The lowest BCUT2D eigenvalue weighted by Crippen LogP contribution is -2.51. The second-order valence-electron chi connectivity index (χ2n) is 5.05. The highest BCUT2D eigenvalue weighted by Crippen LogP contribution is 2.41. The maximum Gasteiger partial charge on any atom is 0.224 e. The van der Waals surface area contributed by atoms with Gasteiger partial charge in [-0.3, -0.25) is 4.79 Å². The Balaban J connectivity index is 2.12. The molecule has 0 N–H and O–H groups in total. The van der Waals surface area contributed by atoms with E-state index in [1.807, 2.05) is 6.08 Å². The van der Waals surface area contributed by atoms with Gasteiger partial charge in [-0.15, -0.1) is 0 Å². The average Bonchev–Trinajstić information content (AvgIpc) is 2.62. The van der Waals surface area contributed by atoms with Crippen LogP contribution in [0.3, 0.4) is 0 Å². The van der Waals surface area contributed by atoms with Crippen LogP contribution in [-0.4, -0.2) is 29.2 Å². The minimum atomic E-state index is -0.570. The van der Waals surface area contributed by atoms with Crippen molar-refractivity contribution in [2.24, 2.45) is 5.92 Å². The van der Waals surface area contributed by atoms with E-state index in [4.69, 9.17) is 0 Å². The molecule has 1 aliphatic heterocycles. The standard InChI is InChI=1S/C14H18BrNO2/c1-11(15)5-4-8-16-13(18)9-12-6-2-3-7-14(12,16)10-17/h2,6,10,12H,1,3-5,7-9H2/t12-,14-/m1/s1. The first-order valence-corrected chi connectivity index (χ1v) is 7.16. The molecule has 0 radical (unpaired) electrons. The zero-order valence-electron chi connectivity index (χ0n) is 10.4. The number of allylic oxidation sites excluding steroid dienone is 2. The summed E-state index contributed by atoms with van der Waals surface area (Å²) in [6.45, 7) is 4.44. The van der Waals surface area contributed by atoms with Crippen LogP contribution in [0, 0.1) is 5.92 Å². The summed E-state index contributed by atoms with van der Waals surface area (Å²) >= 11 is 3.32. The van der Waals surface area contributed by atoms with Gasteiger partial charge in [0.05, 0.1) is 0 Å². The molecule has 2 atom stereocenters. The summed E-state index contributed by atoms with van der Waals surface area (Å²) in [6, 6.07) is 0. The molecule has 2 aliphatic rings. The van der Waals surface area contributed by atoms with Crippen LogP contribution < -0.4 is 0 Å². The summed E-state index contributed by atoms with van der Waals surface area (Å²) in [5, 5.41) is 0. The normalized spacial score (nSPS) is 30.4. The van der Waals surface area contributed by atoms with Crippen LogP contribution in [0.2, 0.25) is 0 Å². The number of carbonyl (C=O) groups is 2. The van der Waals surface area contributed by atoms with Crippen molar-refractivity contribution < 1.29 is 9.59 Å². The fourth-order valence-corrected chi connectivity index (χ4v) is 3.29. The Morgan fingerprint density at radius 1 is 1.67 bits per heavy atom. The molecule has 0 bridgehead atoms. The van der Waals surface area contributed by atoms with Gasteiger partial charge in [-0.05, 0) is 30.2 Å². The van der Waals surface area contributed by atoms with E-state index in [-0.39, 0.29) is 11.8 Å². The largest absolute Gasteiger partial charge is 0.330 e. The quantitative estimate of drug-likeness (QED) is 0.578. The first kappa shape index (κ1) is 13.5. The number of likely N-dealkylation sites (tertiary alicyclic amines) is 1. The van der Waals surface area contributed by atoms with Crippen molar-refractivity contribution in [1.29, 1.82) is 0 Å². The third-order valence-electron chi connectivity index (χ3n) is 3.95. The minimum Gasteiger partial charge on any atom is -0.330 e. The maximum atomic E-state index is 12.1. The van der Waals surface area contributed by atoms with E-state index in [1.54, 1.807) is 4.90 Å². The molecular formula is C14H18BrNO2. The van der Waals surface area contributed by atoms with Gasteiger partial charge in [0.15, 0.2) is 0 Å². The Morgan fingerprint density at radius 3 is 3.11 bits per heavy atom. The molecule has 1 saturated heterocycles. The Labute approximate surface area is 116 Å². The van der Waals surface area contributed by atoms with Crippen LogP contribution in [0.25, 0.3) is 0 Å². The molecule has 0 spiro atoms. The van der Waals surface area contributed by atoms with Crippen molar-refractivity contribution in [2.75, 3.05) is 6.54 Å². The van der Waals surface area contributed by atoms with E-state index in [0.717, 1.165) is 36.5 Å². The second-order valence-corrected chi connectivity index (χ2v) is 6.17. The number of nitrogens with zero attached hydrogens (tertiary/aromatic N) is 1. The fourth-order valence-electron chi connectivity index (χ4n) is 3.01. The molecule has 1 amide bonds. The van der Waals surface area contributed by atoms with E-state index >= 15 is 0 Å². The number of amides is 1. The van der Waals surface area contributed by atoms with Gasteiger partial charge >= 0.3 is 0 Å². The van der Waals surface area contributed by atoms with Crippen LogP contribution >= 0.6 is 15.9 Å². The summed E-state index contributed by atoms with van der Waals surface area (Å²) < 4.78 is 0.939. The molecule has 2 rings (SSSR count). The van der Waals surface area contributed by atoms with Crippen LogP contribution in [0.5, 0.6) is 0 Å². The molecule has 3 nitrogen and oxygen atoms in total. The van der Waals surface area contributed by atoms with Gasteiger partial charge in [0.25, 0.3) is 0 Å². The topological polar surface area (TPSA) is 37.4 Å². The molecule has 0 unspecified atom stereocenters. The van der Waals surface area contributed by atoms with E-state index in [1.165, 1.54) is 0 Å². The van der Waals surface area contributed by atoms with Crippen LogP contribution in [0.15, 0.2) is 23.2 Å². The summed E-state index contributed by atoms with van der Waals surface area (Å²) in [4.78, 5) is 25.4. The van der Waals surface area contributed by atoms with Gasteiger partial charge in [0.2, 0.25) is 5.91 Å². The van der Waals surface area contributed by atoms with E-state index in [0.29, 0.717) is 13.0 Å². The van der Waals surface area contributed by atoms with E-state index in [9.17, 15) is 9.59 Å². The Bertz CT molecular complexity index is 405. The highest BCUT2D eigenvalue weighted by atomic mass is 79.9.